The lowest BCUT2D eigenvalue weighted by atomic mass is 10.1. The van der Waals surface area contributed by atoms with Gasteiger partial charge < -0.3 is 4.90 Å². The van der Waals surface area contributed by atoms with Crippen LogP contribution in [0.15, 0.2) is 48.5 Å². The van der Waals surface area contributed by atoms with Crippen molar-refractivity contribution in [2.75, 3.05) is 19.0 Å². The van der Waals surface area contributed by atoms with Gasteiger partial charge in [0.15, 0.2) is 0 Å². The van der Waals surface area contributed by atoms with E-state index >= 15 is 0 Å². The maximum Gasteiger partial charge on any atom is 0.416 e. The van der Waals surface area contributed by atoms with E-state index in [9.17, 15) is 13.2 Å². The second-order valence-corrected chi connectivity index (χ2v) is 4.94. The quantitative estimate of drug-likeness (QED) is 0.724. The predicted molar refractivity (Wildman–Crippen MR) is 81.1 cm³/mol. The molecule has 0 saturated heterocycles. The molecule has 0 bridgehead atoms. The Morgan fingerprint density at radius 2 is 1.19 bits per heavy atom. The van der Waals surface area contributed by atoms with Crippen molar-refractivity contribution >= 4 is 17.8 Å². The number of alkyl halides is 3. The van der Waals surface area contributed by atoms with Crippen LogP contribution in [0, 0.1) is 0 Å². The highest BCUT2D eigenvalue weighted by atomic mass is 19.4. The Morgan fingerprint density at radius 1 is 0.762 bits per heavy atom. The smallest absolute Gasteiger partial charge is 0.378 e. The number of halogens is 3. The molecule has 0 aliphatic heterocycles. The van der Waals surface area contributed by atoms with Gasteiger partial charge in [-0.1, -0.05) is 36.4 Å². The zero-order valence-electron chi connectivity index (χ0n) is 11.9. The van der Waals surface area contributed by atoms with Crippen LogP contribution in [-0.2, 0) is 6.18 Å². The van der Waals surface area contributed by atoms with Gasteiger partial charge in [-0.15, -0.1) is 0 Å². The largest absolute Gasteiger partial charge is 0.416 e. The molecule has 2 aromatic rings. The van der Waals surface area contributed by atoms with Crippen molar-refractivity contribution in [3.05, 3.63) is 65.2 Å². The standard InChI is InChI=1S/C17H16F3N/c1-21(2)16-11-7-14(8-12-16)4-3-13-5-9-15(10-6-13)17(18,19)20/h3-12H,1-2H3/b4-3+. The summed E-state index contributed by atoms with van der Waals surface area (Å²) < 4.78 is 37.4. The Morgan fingerprint density at radius 3 is 1.57 bits per heavy atom. The number of hydrogen-bond donors (Lipinski definition) is 0. The fourth-order valence-corrected chi connectivity index (χ4v) is 1.86. The van der Waals surface area contributed by atoms with Crippen molar-refractivity contribution in [3.8, 4) is 0 Å². The van der Waals surface area contributed by atoms with Gasteiger partial charge >= 0.3 is 6.18 Å². The lowest BCUT2D eigenvalue weighted by Gasteiger charge is -2.11. The second-order valence-electron chi connectivity index (χ2n) is 4.94. The van der Waals surface area contributed by atoms with Crippen molar-refractivity contribution in [2.24, 2.45) is 0 Å². The average molecular weight is 291 g/mol. The summed E-state index contributed by atoms with van der Waals surface area (Å²) in [6, 6.07) is 13.0. The molecule has 0 N–H and O–H groups in total. The van der Waals surface area contributed by atoms with Crippen LogP contribution in [0.3, 0.4) is 0 Å². The van der Waals surface area contributed by atoms with Crippen molar-refractivity contribution in [3.63, 3.8) is 0 Å². The monoisotopic (exact) mass is 291 g/mol. The molecule has 0 aliphatic rings. The summed E-state index contributed by atoms with van der Waals surface area (Å²) in [5, 5.41) is 0. The fraction of sp³-hybridized carbons (Fsp3) is 0.176. The molecule has 0 unspecified atom stereocenters. The minimum absolute atomic E-state index is 0.630. The average Bonchev–Trinajstić information content (AvgIpc) is 2.45. The van der Waals surface area contributed by atoms with E-state index in [1.165, 1.54) is 12.1 Å². The first-order chi connectivity index (χ1) is 9.86. The normalized spacial score (nSPS) is 11.9. The predicted octanol–water partition coefficient (Wildman–Crippen LogP) is 4.94. The second kappa shape index (κ2) is 6.04. The van der Waals surface area contributed by atoms with E-state index in [0.717, 1.165) is 28.9 Å². The zero-order chi connectivity index (χ0) is 15.5. The summed E-state index contributed by atoms with van der Waals surface area (Å²) in [6.07, 6.45) is -0.614. The number of anilines is 1. The van der Waals surface area contributed by atoms with Crippen LogP contribution in [0.5, 0.6) is 0 Å². The SMILES string of the molecule is CN(C)c1ccc(/C=C/c2ccc(C(F)(F)F)cc2)cc1. The number of hydrogen-bond acceptors (Lipinski definition) is 1. The molecule has 0 aliphatic carbocycles. The van der Waals surface area contributed by atoms with Crippen LogP contribution in [0.1, 0.15) is 16.7 Å². The molecule has 0 radical (unpaired) electrons. The van der Waals surface area contributed by atoms with Crippen molar-refractivity contribution in [1.29, 1.82) is 0 Å². The van der Waals surface area contributed by atoms with Crippen molar-refractivity contribution < 1.29 is 13.2 Å². The fourth-order valence-electron chi connectivity index (χ4n) is 1.86. The third-order valence-corrected chi connectivity index (χ3v) is 3.12. The van der Waals surface area contributed by atoms with E-state index in [4.69, 9.17) is 0 Å². The van der Waals surface area contributed by atoms with Gasteiger partial charge in [-0.25, -0.2) is 0 Å². The van der Waals surface area contributed by atoms with Crippen LogP contribution in [0.4, 0.5) is 18.9 Å². The first kappa shape index (κ1) is 15.2. The third-order valence-electron chi connectivity index (χ3n) is 3.12. The molecular formula is C17H16F3N. The molecule has 2 aromatic carbocycles. The van der Waals surface area contributed by atoms with Crippen molar-refractivity contribution in [2.45, 2.75) is 6.18 Å². The molecule has 0 saturated carbocycles. The maximum atomic E-state index is 12.5. The van der Waals surface area contributed by atoms with Crippen LogP contribution in [0.2, 0.25) is 0 Å². The van der Waals surface area contributed by atoms with E-state index in [1.807, 2.05) is 49.3 Å². The zero-order valence-corrected chi connectivity index (χ0v) is 11.9. The summed E-state index contributed by atoms with van der Waals surface area (Å²) in [5.74, 6) is 0. The molecular weight excluding hydrogens is 275 g/mol. The third kappa shape index (κ3) is 4.12. The Balaban J connectivity index is 2.10. The van der Waals surface area contributed by atoms with Gasteiger partial charge in [-0.3, -0.25) is 0 Å². The van der Waals surface area contributed by atoms with E-state index in [-0.39, 0.29) is 0 Å². The molecule has 0 atom stereocenters. The Hall–Kier alpha value is -2.23. The van der Waals surface area contributed by atoms with Gasteiger partial charge in [-0.05, 0) is 35.4 Å². The van der Waals surface area contributed by atoms with Crippen LogP contribution < -0.4 is 4.90 Å². The molecule has 1 nitrogen and oxygen atoms in total. The Labute approximate surface area is 122 Å². The van der Waals surface area contributed by atoms with Gasteiger partial charge in [0.2, 0.25) is 0 Å². The number of rotatable bonds is 3. The molecule has 0 spiro atoms. The summed E-state index contributed by atoms with van der Waals surface area (Å²) in [5.41, 5.74) is 2.21. The molecule has 0 fully saturated rings. The minimum Gasteiger partial charge on any atom is -0.378 e. The summed E-state index contributed by atoms with van der Waals surface area (Å²) in [7, 11) is 3.93. The maximum absolute atomic E-state index is 12.5. The van der Waals surface area contributed by atoms with Crippen LogP contribution in [0.25, 0.3) is 12.2 Å². The van der Waals surface area contributed by atoms with E-state index < -0.39 is 11.7 Å². The Kier molecular flexibility index (Phi) is 4.36. The molecule has 0 amide bonds. The summed E-state index contributed by atoms with van der Waals surface area (Å²) in [6.45, 7) is 0. The molecule has 4 heteroatoms. The van der Waals surface area contributed by atoms with Gasteiger partial charge in [-0.2, -0.15) is 13.2 Å². The topological polar surface area (TPSA) is 3.24 Å². The van der Waals surface area contributed by atoms with E-state index in [2.05, 4.69) is 0 Å². The minimum atomic E-state index is -4.29. The van der Waals surface area contributed by atoms with Gasteiger partial charge in [0.25, 0.3) is 0 Å². The number of benzene rings is 2. The molecule has 21 heavy (non-hydrogen) atoms. The highest BCUT2D eigenvalue weighted by Gasteiger charge is 2.29. The van der Waals surface area contributed by atoms with E-state index in [0.29, 0.717) is 0 Å². The summed E-state index contributed by atoms with van der Waals surface area (Å²) in [4.78, 5) is 2.00. The molecule has 0 heterocycles. The first-order valence-corrected chi connectivity index (χ1v) is 6.49. The highest BCUT2D eigenvalue weighted by Crippen LogP contribution is 2.29. The molecule has 2 rings (SSSR count). The molecule has 0 aromatic heterocycles. The summed E-state index contributed by atoms with van der Waals surface area (Å²) >= 11 is 0. The van der Waals surface area contributed by atoms with Gasteiger partial charge in [0, 0.05) is 19.8 Å². The van der Waals surface area contributed by atoms with E-state index in [1.54, 1.807) is 6.08 Å². The van der Waals surface area contributed by atoms with Crippen molar-refractivity contribution in [1.82, 2.24) is 0 Å². The van der Waals surface area contributed by atoms with Gasteiger partial charge in [0.1, 0.15) is 0 Å². The number of nitrogens with zero attached hydrogens (tertiary/aromatic N) is 1. The first-order valence-electron chi connectivity index (χ1n) is 6.49. The molecule has 110 valence electrons. The van der Waals surface area contributed by atoms with Gasteiger partial charge in [0.05, 0.1) is 5.56 Å². The lowest BCUT2D eigenvalue weighted by Crippen LogP contribution is -2.07. The van der Waals surface area contributed by atoms with Crippen LogP contribution in [-0.4, -0.2) is 14.1 Å². The highest BCUT2D eigenvalue weighted by molar-refractivity contribution is 5.70. The Bertz CT molecular complexity index is 608. The lowest BCUT2D eigenvalue weighted by molar-refractivity contribution is -0.137. The van der Waals surface area contributed by atoms with Crippen LogP contribution >= 0.6 is 0 Å².